The Labute approximate surface area is 75.9 Å². The second-order valence-corrected chi connectivity index (χ2v) is 4.40. The molecule has 2 atom stereocenters. The van der Waals surface area contributed by atoms with Gasteiger partial charge in [0.15, 0.2) is 0 Å². The lowest BCUT2D eigenvalue weighted by Gasteiger charge is -2.13. The van der Waals surface area contributed by atoms with Gasteiger partial charge in [0.1, 0.15) is 0 Å². The molecule has 0 saturated heterocycles. The smallest absolute Gasteiger partial charge is 0.0720 e. The average molecular weight is 165 g/mol. The summed E-state index contributed by atoms with van der Waals surface area (Å²) in [4.78, 5) is 0. The fraction of sp³-hybridized carbons (Fsp3) is 0.818. The van der Waals surface area contributed by atoms with Gasteiger partial charge in [0, 0.05) is 0 Å². The molecule has 68 valence electrons. The van der Waals surface area contributed by atoms with E-state index in [1.165, 1.54) is 6.42 Å². The lowest BCUT2D eigenvalue weighted by atomic mass is 10.0. The van der Waals surface area contributed by atoms with Gasteiger partial charge in [-0.3, -0.25) is 0 Å². The zero-order valence-electron chi connectivity index (χ0n) is 8.35. The average Bonchev–Trinajstić information content (AvgIpc) is 2.62. The topological polar surface area (TPSA) is 12.0 Å². The Balaban J connectivity index is 2.34. The Kier molecular flexibility index (Phi) is 2.80. The van der Waals surface area contributed by atoms with Crippen molar-refractivity contribution in [2.45, 2.75) is 39.7 Å². The van der Waals surface area contributed by atoms with Crippen molar-refractivity contribution in [3.05, 3.63) is 0 Å². The molecule has 1 fully saturated rings. The molecule has 1 saturated carbocycles. The summed E-state index contributed by atoms with van der Waals surface area (Å²) in [5.74, 6) is 3.55. The molecule has 0 heterocycles. The van der Waals surface area contributed by atoms with Crippen molar-refractivity contribution in [2.75, 3.05) is 6.54 Å². The predicted molar refractivity (Wildman–Crippen MR) is 52.8 cm³/mol. The van der Waals surface area contributed by atoms with Crippen molar-refractivity contribution >= 4 is 0 Å². The maximum Gasteiger partial charge on any atom is 0.0720 e. The lowest BCUT2D eigenvalue weighted by molar-refractivity contribution is 0.468. The molecule has 1 heteroatoms. The first kappa shape index (κ1) is 9.61. The molecule has 1 N–H and O–H groups in total. The summed E-state index contributed by atoms with van der Waals surface area (Å²) in [5, 5.41) is 3.40. The van der Waals surface area contributed by atoms with Crippen LogP contribution in [-0.4, -0.2) is 12.6 Å². The molecule has 1 rings (SSSR count). The largest absolute Gasteiger partial charge is 0.303 e. The van der Waals surface area contributed by atoms with Crippen LogP contribution in [0.1, 0.15) is 33.6 Å². The first-order valence-corrected chi connectivity index (χ1v) is 4.81. The highest BCUT2D eigenvalue weighted by Gasteiger charge is 2.49. The number of rotatable bonds is 4. The summed E-state index contributed by atoms with van der Waals surface area (Å²) in [5.41, 5.74) is 0.484. The molecule has 1 aliphatic rings. The highest BCUT2D eigenvalue weighted by molar-refractivity contribution is 5.13. The Morgan fingerprint density at radius 2 is 2.25 bits per heavy atom. The molecule has 1 aliphatic carbocycles. The SMILES string of the molecule is C#CC(NCCC)C1CC1(C)C. The monoisotopic (exact) mass is 165 g/mol. The minimum Gasteiger partial charge on any atom is -0.303 e. The standard InChI is InChI=1S/C11H19N/c1-5-7-12-10(6-2)9-8-11(9,3)4/h2,9-10,12H,5,7-8H2,1,3-4H3. The summed E-state index contributed by atoms with van der Waals surface area (Å²) in [7, 11) is 0. The molecule has 0 aromatic rings. The molecule has 0 bridgehead atoms. The molecular formula is C11H19N. The van der Waals surface area contributed by atoms with Gasteiger partial charge >= 0.3 is 0 Å². The van der Waals surface area contributed by atoms with Crippen molar-refractivity contribution in [1.82, 2.24) is 5.32 Å². The van der Waals surface area contributed by atoms with Gasteiger partial charge in [0.05, 0.1) is 6.04 Å². The number of hydrogen-bond acceptors (Lipinski definition) is 1. The maximum atomic E-state index is 5.46. The lowest BCUT2D eigenvalue weighted by Crippen LogP contribution is -2.31. The summed E-state index contributed by atoms with van der Waals surface area (Å²) >= 11 is 0. The first-order valence-electron chi connectivity index (χ1n) is 4.81. The van der Waals surface area contributed by atoms with Crippen LogP contribution in [-0.2, 0) is 0 Å². The summed E-state index contributed by atoms with van der Waals surface area (Å²) in [6.07, 6.45) is 7.90. The fourth-order valence-electron chi connectivity index (χ4n) is 1.69. The second-order valence-electron chi connectivity index (χ2n) is 4.40. The van der Waals surface area contributed by atoms with Crippen LogP contribution in [0.15, 0.2) is 0 Å². The minimum absolute atomic E-state index is 0.306. The third-order valence-electron chi connectivity index (χ3n) is 2.79. The van der Waals surface area contributed by atoms with E-state index in [1.54, 1.807) is 0 Å². The van der Waals surface area contributed by atoms with Gasteiger partial charge in [-0.1, -0.05) is 26.7 Å². The maximum absolute atomic E-state index is 5.46. The molecule has 0 aromatic carbocycles. The van der Waals surface area contributed by atoms with Gasteiger partial charge in [-0.15, -0.1) is 6.42 Å². The van der Waals surface area contributed by atoms with Crippen molar-refractivity contribution in [3.63, 3.8) is 0 Å². The molecule has 0 spiro atoms. The van der Waals surface area contributed by atoms with Crippen molar-refractivity contribution < 1.29 is 0 Å². The van der Waals surface area contributed by atoms with Crippen molar-refractivity contribution in [3.8, 4) is 12.3 Å². The molecule has 0 amide bonds. The van der Waals surface area contributed by atoms with Gasteiger partial charge < -0.3 is 5.32 Å². The van der Waals surface area contributed by atoms with Crippen LogP contribution in [0.3, 0.4) is 0 Å². The second kappa shape index (κ2) is 3.49. The molecular weight excluding hydrogens is 146 g/mol. The molecule has 0 aliphatic heterocycles. The van der Waals surface area contributed by atoms with Gasteiger partial charge in [-0.05, 0) is 30.7 Å². The van der Waals surface area contributed by atoms with Crippen LogP contribution in [0.2, 0.25) is 0 Å². The van der Waals surface area contributed by atoms with E-state index in [1.807, 2.05) is 0 Å². The summed E-state index contributed by atoms with van der Waals surface area (Å²) in [6.45, 7) is 7.78. The predicted octanol–water partition coefficient (Wildman–Crippen LogP) is 2.03. The van der Waals surface area contributed by atoms with Crippen LogP contribution in [0.25, 0.3) is 0 Å². The number of hydrogen-bond donors (Lipinski definition) is 1. The molecule has 0 aromatic heterocycles. The van der Waals surface area contributed by atoms with Crippen LogP contribution in [0.4, 0.5) is 0 Å². The Bertz CT molecular complexity index is 188. The fourth-order valence-corrected chi connectivity index (χ4v) is 1.69. The van der Waals surface area contributed by atoms with E-state index < -0.39 is 0 Å². The molecule has 12 heavy (non-hydrogen) atoms. The van der Waals surface area contributed by atoms with E-state index in [4.69, 9.17) is 6.42 Å². The third-order valence-corrected chi connectivity index (χ3v) is 2.79. The van der Waals surface area contributed by atoms with Gasteiger partial charge in [-0.2, -0.15) is 0 Å². The van der Waals surface area contributed by atoms with E-state index in [0.717, 1.165) is 13.0 Å². The highest BCUT2D eigenvalue weighted by atomic mass is 14.9. The van der Waals surface area contributed by atoms with Crippen LogP contribution < -0.4 is 5.32 Å². The Hall–Kier alpha value is -0.480. The van der Waals surface area contributed by atoms with Gasteiger partial charge in [-0.25, -0.2) is 0 Å². The van der Waals surface area contributed by atoms with Crippen LogP contribution in [0, 0.1) is 23.7 Å². The summed E-state index contributed by atoms with van der Waals surface area (Å²) in [6, 6.07) is 0.306. The van der Waals surface area contributed by atoms with E-state index in [2.05, 4.69) is 32.0 Å². The molecule has 0 radical (unpaired) electrons. The van der Waals surface area contributed by atoms with Gasteiger partial charge in [0.2, 0.25) is 0 Å². The van der Waals surface area contributed by atoms with Crippen molar-refractivity contribution in [1.29, 1.82) is 0 Å². The Morgan fingerprint density at radius 3 is 2.58 bits per heavy atom. The van der Waals surface area contributed by atoms with Gasteiger partial charge in [0.25, 0.3) is 0 Å². The highest BCUT2D eigenvalue weighted by Crippen LogP contribution is 2.53. The molecule has 1 nitrogen and oxygen atoms in total. The summed E-state index contributed by atoms with van der Waals surface area (Å²) < 4.78 is 0. The van der Waals surface area contributed by atoms with E-state index in [9.17, 15) is 0 Å². The zero-order chi connectivity index (χ0) is 9.19. The number of terminal acetylenes is 1. The van der Waals surface area contributed by atoms with Crippen LogP contribution in [0.5, 0.6) is 0 Å². The van der Waals surface area contributed by atoms with E-state index >= 15 is 0 Å². The third kappa shape index (κ3) is 2.01. The van der Waals surface area contributed by atoms with Crippen LogP contribution >= 0.6 is 0 Å². The molecule has 2 unspecified atom stereocenters. The minimum atomic E-state index is 0.306. The normalized spacial score (nSPS) is 27.7. The number of nitrogens with one attached hydrogen (secondary N) is 1. The Morgan fingerprint density at radius 1 is 1.67 bits per heavy atom. The van der Waals surface area contributed by atoms with Crippen molar-refractivity contribution in [2.24, 2.45) is 11.3 Å². The van der Waals surface area contributed by atoms with E-state index in [0.29, 0.717) is 17.4 Å². The quantitative estimate of drug-likeness (QED) is 0.629. The van der Waals surface area contributed by atoms with E-state index in [-0.39, 0.29) is 0 Å². The zero-order valence-corrected chi connectivity index (χ0v) is 8.35. The first-order chi connectivity index (χ1) is 5.61.